The van der Waals surface area contributed by atoms with Crippen LogP contribution in [0.15, 0.2) is 30.3 Å². The van der Waals surface area contributed by atoms with E-state index in [1.54, 1.807) is 0 Å². The van der Waals surface area contributed by atoms with E-state index in [-0.39, 0.29) is 16.2 Å². The second-order valence-corrected chi connectivity index (χ2v) is 7.57. The van der Waals surface area contributed by atoms with Crippen molar-refractivity contribution in [3.8, 4) is 0 Å². The van der Waals surface area contributed by atoms with E-state index < -0.39 is 17.8 Å². The quantitative estimate of drug-likeness (QED) is 0.846. The lowest BCUT2D eigenvalue weighted by molar-refractivity contribution is -0.506. The minimum Gasteiger partial charge on any atom is -0.393 e. The molecular formula is C16H15F2NS. The molecule has 20 heavy (non-hydrogen) atoms. The highest BCUT2D eigenvalue weighted by Crippen LogP contribution is 3.00. The number of hydrogen-bond donors (Lipinski definition) is 1. The fraction of sp³-hybridized carbons (Fsp3) is 0.562. The van der Waals surface area contributed by atoms with Gasteiger partial charge in [-0.25, -0.2) is 8.78 Å². The molecule has 4 saturated carbocycles. The third-order valence-corrected chi connectivity index (χ3v) is 7.51. The van der Waals surface area contributed by atoms with Crippen LogP contribution in [0, 0.1) is 22.7 Å². The van der Waals surface area contributed by atoms with Crippen molar-refractivity contribution in [3.05, 3.63) is 35.9 Å². The summed E-state index contributed by atoms with van der Waals surface area (Å²) in [5.41, 5.74) is 6.51. The van der Waals surface area contributed by atoms with Crippen molar-refractivity contribution in [3.63, 3.8) is 0 Å². The summed E-state index contributed by atoms with van der Waals surface area (Å²) in [5.74, 6) is -3.49. The van der Waals surface area contributed by atoms with Gasteiger partial charge in [-0.2, -0.15) is 0 Å². The average Bonchev–Trinajstić information content (AvgIpc) is 2.35. The first-order valence-electron chi connectivity index (χ1n) is 7.17. The zero-order valence-electron chi connectivity index (χ0n) is 10.9. The Balaban J connectivity index is 1.66. The van der Waals surface area contributed by atoms with E-state index in [0.29, 0.717) is 17.8 Å². The first kappa shape index (κ1) is 11.6. The highest BCUT2D eigenvalue weighted by molar-refractivity contribution is 7.80. The predicted octanol–water partition coefficient (Wildman–Crippen LogP) is 3.28. The lowest BCUT2D eigenvalue weighted by Gasteiger charge is -2.96. The molecule has 104 valence electrons. The minimum absolute atomic E-state index is 0.0764. The monoisotopic (exact) mass is 291 g/mol. The highest BCUT2D eigenvalue weighted by Gasteiger charge is 3.02. The summed E-state index contributed by atoms with van der Waals surface area (Å²) in [4.78, 5) is 0.473. The molecule has 0 radical (unpaired) electrons. The zero-order valence-corrected chi connectivity index (χ0v) is 11.7. The molecule has 1 aromatic carbocycles. The number of benzene rings is 1. The van der Waals surface area contributed by atoms with Gasteiger partial charge in [0, 0.05) is 28.1 Å². The Kier molecular flexibility index (Phi) is 1.63. The van der Waals surface area contributed by atoms with Crippen molar-refractivity contribution < 1.29 is 8.78 Å². The van der Waals surface area contributed by atoms with Crippen LogP contribution in [0.25, 0.3) is 0 Å². The van der Waals surface area contributed by atoms with E-state index in [9.17, 15) is 8.78 Å². The Morgan fingerprint density at radius 1 is 1.15 bits per heavy atom. The molecule has 5 unspecified atom stereocenters. The van der Waals surface area contributed by atoms with E-state index in [4.69, 9.17) is 18.0 Å². The SMILES string of the molecule is NC(=S)C12CC3C(F)(F)C4CC(c5ccccc5)(C1)C342. The van der Waals surface area contributed by atoms with Crippen LogP contribution < -0.4 is 5.73 Å². The number of thiocarbonyl (C=S) groups is 1. The molecule has 0 bridgehead atoms. The molecule has 5 atom stereocenters. The van der Waals surface area contributed by atoms with Crippen molar-refractivity contribution in [2.75, 3.05) is 0 Å². The van der Waals surface area contributed by atoms with Crippen LogP contribution in [0.3, 0.4) is 0 Å². The Morgan fingerprint density at radius 3 is 2.40 bits per heavy atom. The van der Waals surface area contributed by atoms with Crippen LogP contribution in [0.4, 0.5) is 8.78 Å². The van der Waals surface area contributed by atoms with Gasteiger partial charge in [0.25, 0.3) is 5.92 Å². The largest absolute Gasteiger partial charge is 0.393 e. The lowest BCUT2D eigenvalue weighted by atomic mass is 9.07. The van der Waals surface area contributed by atoms with Gasteiger partial charge >= 0.3 is 0 Å². The maximum atomic E-state index is 14.2. The second kappa shape index (κ2) is 2.80. The van der Waals surface area contributed by atoms with Gasteiger partial charge in [0.05, 0.1) is 4.99 Å². The molecule has 1 aromatic rings. The second-order valence-electron chi connectivity index (χ2n) is 7.13. The standard InChI is InChI=1S/C16H15F2NS/c17-16(18)10-6-13(9-4-2-1-3-5-9)8-14(12(19)20)7-11(16)15(10,13)14/h1-5,10-11H,6-8H2,(H2,19,20). The fourth-order valence-corrected chi connectivity index (χ4v) is 6.93. The summed E-state index contributed by atoms with van der Waals surface area (Å²) in [5, 5.41) is 0. The van der Waals surface area contributed by atoms with Crippen LogP contribution in [0.2, 0.25) is 0 Å². The molecule has 4 aliphatic rings. The van der Waals surface area contributed by atoms with Gasteiger partial charge in [-0.3, -0.25) is 0 Å². The van der Waals surface area contributed by atoms with E-state index in [1.165, 1.54) is 5.56 Å². The zero-order chi connectivity index (χ0) is 14.0. The topological polar surface area (TPSA) is 26.0 Å². The molecule has 0 heterocycles. The summed E-state index contributed by atoms with van der Waals surface area (Å²) in [6, 6.07) is 10.1. The maximum Gasteiger partial charge on any atom is 0.254 e. The molecule has 5 rings (SSSR count). The molecule has 0 amide bonds. The first-order valence-corrected chi connectivity index (χ1v) is 7.58. The normalized spacial score (nSPS) is 52.3. The van der Waals surface area contributed by atoms with Crippen molar-refractivity contribution in [2.24, 2.45) is 28.4 Å². The smallest absolute Gasteiger partial charge is 0.254 e. The molecule has 0 aliphatic heterocycles. The number of rotatable bonds is 2. The molecule has 0 aromatic heterocycles. The third-order valence-electron chi connectivity index (χ3n) is 7.12. The lowest BCUT2D eigenvalue weighted by Crippen LogP contribution is -2.99. The van der Waals surface area contributed by atoms with Gasteiger partial charge in [-0.15, -0.1) is 0 Å². The molecule has 2 N–H and O–H groups in total. The summed E-state index contributed by atoms with van der Waals surface area (Å²) >= 11 is 5.25. The predicted molar refractivity (Wildman–Crippen MR) is 75.5 cm³/mol. The van der Waals surface area contributed by atoms with Gasteiger partial charge in [-0.05, 0) is 24.8 Å². The number of nitrogens with two attached hydrogens (primary N) is 1. The van der Waals surface area contributed by atoms with Gasteiger partial charge in [0.15, 0.2) is 0 Å². The van der Waals surface area contributed by atoms with E-state index in [0.717, 1.165) is 6.42 Å². The molecule has 1 nitrogen and oxygen atoms in total. The van der Waals surface area contributed by atoms with Crippen molar-refractivity contribution in [1.82, 2.24) is 0 Å². The van der Waals surface area contributed by atoms with E-state index in [2.05, 4.69) is 12.1 Å². The number of hydrogen-bond acceptors (Lipinski definition) is 1. The first-order chi connectivity index (χ1) is 9.43. The minimum atomic E-state index is -2.49. The van der Waals surface area contributed by atoms with Gasteiger partial charge in [-0.1, -0.05) is 42.5 Å². The van der Waals surface area contributed by atoms with Gasteiger partial charge < -0.3 is 5.73 Å². The summed E-state index contributed by atoms with van der Waals surface area (Å²) in [6.07, 6.45) is 1.98. The summed E-state index contributed by atoms with van der Waals surface area (Å²) < 4.78 is 28.3. The molecule has 4 aliphatic carbocycles. The third kappa shape index (κ3) is 0.731. The Morgan fingerprint density at radius 2 is 1.80 bits per heavy atom. The summed E-state index contributed by atoms with van der Waals surface area (Å²) in [6.45, 7) is 0. The van der Waals surface area contributed by atoms with Crippen LogP contribution in [-0.4, -0.2) is 10.9 Å². The molecular weight excluding hydrogens is 276 g/mol. The fourth-order valence-electron chi connectivity index (χ4n) is 6.61. The summed E-state index contributed by atoms with van der Waals surface area (Å²) in [7, 11) is 0. The number of halogens is 2. The van der Waals surface area contributed by atoms with E-state index >= 15 is 0 Å². The highest BCUT2D eigenvalue weighted by atomic mass is 32.1. The van der Waals surface area contributed by atoms with Crippen LogP contribution in [-0.2, 0) is 5.41 Å². The van der Waals surface area contributed by atoms with Gasteiger partial charge in [0.2, 0.25) is 0 Å². The molecule has 4 fully saturated rings. The van der Waals surface area contributed by atoms with Crippen LogP contribution in [0.1, 0.15) is 24.8 Å². The van der Waals surface area contributed by atoms with Crippen molar-refractivity contribution in [1.29, 1.82) is 0 Å². The molecule has 1 spiro atoms. The van der Waals surface area contributed by atoms with Crippen molar-refractivity contribution >= 4 is 17.2 Å². The Labute approximate surface area is 121 Å². The van der Waals surface area contributed by atoms with Crippen LogP contribution >= 0.6 is 12.2 Å². The van der Waals surface area contributed by atoms with Crippen molar-refractivity contribution in [2.45, 2.75) is 30.6 Å². The molecule has 0 saturated heterocycles. The maximum absolute atomic E-state index is 14.2. The van der Waals surface area contributed by atoms with Crippen LogP contribution in [0.5, 0.6) is 0 Å². The van der Waals surface area contributed by atoms with Gasteiger partial charge in [0.1, 0.15) is 0 Å². The molecule has 4 heteroatoms. The average molecular weight is 291 g/mol. The van der Waals surface area contributed by atoms with E-state index in [1.807, 2.05) is 18.2 Å². The Hall–Kier alpha value is -1.03. The number of alkyl halides is 2. The Bertz CT molecular complexity index is 650.